The second-order valence-corrected chi connectivity index (χ2v) is 12.2. The predicted octanol–water partition coefficient (Wildman–Crippen LogP) is 7.62. The molecule has 0 bridgehead atoms. The van der Waals surface area contributed by atoms with Crippen LogP contribution < -0.4 is 25.4 Å². The number of rotatable bonds is 12. The summed E-state index contributed by atoms with van der Waals surface area (Å²) in [5, 5.41) is 11.3. The Kier molecular flexibility index (Phi) is 11.3. The maximum absolute atomic E-state index is 13.3. The average molecular weight is 685 g/mol. The van der Waals surface area contributed by atoms with Gasteiger partial charge in [-0.25, -0.2) is 4.98 Å². The van der Waals surface area contributed by atoms with E-state index in [0.29, 0.717) is 44.2 Å². The maximum Gasteiger partial charge on any atom is 0.272 e. The van der Waals surface area contributed by atoms with Crippen LogP contribution in [0.4, 0.5) is 10.8 Å². The van der Waals surface area contributed by atoms with Crippen molar-refractivity contribution in [3.8, 4) is 22.8 Å². The number of carbonyl (C=O) groups is 3. The van der Waals surface area contributed by atoms with E-state index in [2.05, 4.69) is 20.9 Å². The first kappa shape index (κ1) is 33.3. The molecule has 0 radical (unpaired) electrons. The molecule has 3 N–H and O–H groups in total. The Bertz CT molecular complexity index is 1900. The molecule has 12 heteroatoms. The third-order valence-electron chi connectivity index (χ3n) is 6.62. The lowest BCUT2D eigenvalue weighted by atomic mass is 10.1. The largest absolute Gasteiger partial charge is 0.493 e. The Labute approximate surface area is 285 Å². The molecule has 1 aromatic heterocycles. The van der Waals surface area contributed by atoms with Gasteiger partial charge in [-0.3, -0.25) is 14.4 Å². The molecule has 47 heavy (non-hydrogen) atoms. The fourth-order valence-electron chi connectivity index (χ4n) is 4.26. The number of carbonyl (C=O) groups excluding carboxylic acids is 3. The summed E-state index contributed by atoms with van der Waals surface area (Å²) in [7, 11) is 3.15. The molecular formula is C35H29ClN4O5S2. The number of ether oxygens (including phenoxy) is 2. The minimum Gasteiger partial charge on any atom is -0.493 e. The number of thiazole rings is 1. The molecular weight excluding hydrogens is 656 g/mol. The van der Waals surface area contributed by atoms with Gasteiger partial charge in [0, 0.05) is 32.1 Å². The van der Waals surface area contributed by atoms with Crippen LogP contribution in [0.25, 0.3) is 17.3 Å². The van der Waals surface area contributed by atoms with E-state index in [1.54, 1.807) is 105 Å². The first-order valence-electron chi connectivity index (χ1n) is 14.2. The minimum atomic E-state index is -0.500. The van der Waals surface area contributed by atoms with Crippen LogP contribution in [0, 0.1) is 0 Å². The molecule has 0 aliphatic rings. The van der Waals surface area contributed by atoms with E-state index in [-0.39, 0.29) is 17.4 Å². The average Bonchev–Trinajstić information content (AvgIpc) is 3.56. The van der Waals surface area contributed by atoms with Gasteiger partial charge in [-0.15, -0.1) is 23.1 Å². The second-order valence-electron chi connectivity index (χ2n) is 9.85. The fraction of sp³-hybridized carbons (Fsp3) is 0.0857. The lowest BCUT2D eigenvalue weighted by Crippen LogP contribution is -2.30. The summed E-state index contributed by atoms with van der Waals surface area (Å²) in [6, 6.07) is 28.1. The van der Waals surface area contributed by atoms with Crippen molar-refractivity contribution in [2.75, 3.05) is 30.6 Å². The van der Waals surface area contributed by atoms with Crippen LogP contribution in [-0.4, -0.2) is 42.7 Å². The Balaban J connectivity index is 1.17. The van der Waals surface area contributed by atoms with E-state index in [1.165, 1.54) is 23.1 Å². The molecule has 0 saturated heterocycles. The number of nitrogens with one attached hydrogen (secondary N) is 3. The van der Waals surface area contributed by atoms with Gasteiger partial charge < -0.3 is 25.4 Å². The standard InChI is InChI=1S/C35H29ClN4O5S2/c1-44-30-17-10-24(19-31(30)45-2)29-20-47-35(39-29)40-32(41)21-46-27-15-13-26(14-16-27)37-34(43)28(18-22-8-11-25(36)12-9-22)38-33(42)23-6-4-3-5-7-23/h3-20H,21H2,1-2H3,(H,37,43)(H,38,42)(H,39,40,41)/b28-18-. The molecule has 3 amide bonds. The summed E-state index contributed by atoms with van der Waals surface area (Å²) in [5.41, 5.74) is 3.24. The van der Waals surface area contributed by atoms with Gasteiger partial charge in [-0.2, -0.15) is 0 Å². The normalized spacial score (nSPS) is 11.0. The van der Waals surface area contributed by atoms with Crippen LogP contribution in [0.3, 0.4) is 0 Å². The second kappa shape index (κ2) is 15.9. The predicted molar refractivity (Wildman–Crippen MR) is 188 cm³/mol. The maximum atomic E-state index is 13.3. The molecule has 4 aromatic carbocycles. The Morgan fingerprint density at radius 3 is 2.30 bits per heavy atom. The van der Waals surface area contributed by atoms with Gasteiger partial charge in [0.1, 0.15) is 5.70 Å². The third kappa shape index (κ3) is 9.23. The molecule has 0 saturated carbocycles. The summed E-state index contributed by atoms with van der Waals surface area (Å²) in [5.74, 6) is 0.259. The molecule has 9 nitrogen and oxygen atoms in total. The number of halogens is 1. The number of aromatic nitrogens is 1. The number of benzene rings is 4. The fourth-order valence-corrected chi connectivity index (χ4v) is 5.82. The molecule has 0 unspecified atom stereocenters. The highest BCUT2D eigenvalue weighted by molar-refractivity contribution is 8.00. The quantitative estimate of drug-likeness (QED) is 0.0914. The van der Waals surface area contributed by atoms with Gasteiger partial charge in [0.25, 0.3) is 11.8 Å². The van der Waals surface area contributed by atoms with Crippen LogP contribution in [0.5, 0.6) is 11.5 Å². The molecule has 0 fully saturated rings. The van der Waals surface area contributed by atoms with Crippen LogP contribution in [0.15, 0.2) is 113 Å². The summed E-state index contributed by atoms with van der Waals surface area (Å²) < 4.78 is 10.7. The minimum absolute atomic E-state index is 0.0628. The van der Waals surface area contributed by atoms with Crippen LogP contribution >= 0.6 is 34.7 Å². The molecule has 0 aliphatic heterocycles. The van der Waals surface area contributed by atoms with Gasteiger partial charge in [0.15, 0.2) is 16.6 Å². The van der Waals surface area contributed by atoms with Crippen molar-refractivity contribution in [2.45, 2.75) is 4.90 Å². The number of hydrogen-bond donors (Lipinski definition) is 3. The monoisotopic (exact) mass is 684 g/mol. The van der Waals surface area contributed by atoms with Crippen molar-refractivity contribution in [3.05, 3.63) is 124 Å². The molecule has 0 atom stereocenters. The van der Waals surface area contributed by atoms with Crippen molar-refractivity contribution in [1.29, 1.82) is 0 Å². The number of thioether (sulfide) groups is 1. The summed E-state index contributed by atoms with van der Waals surface area (Å²) >= 11 is 8.68. The van der Waals surface area contributed by atoms with Crippen molar-refractivity contribution in [2.24, 2.45) is 0 Å². The molecule has 0 aliphatic carbocycles. The van der Waals surface area contributed by atoms with E-state index >= 15 is 0 Å². The van der Waals surface area contributed by atoms with Gasteiger partial charge in [-0.05, 0) is 78.4 Å². The molecule has 5 rings (SSSR count). The Hall–Kier alpha value is -5.10. The topological polar surface area (TPSA) is 119 Å². The van der Waals surface area contributed by atoms with E-state index in [4.69, 9.17) is 21.1 Å². The Morgan fingerprint density at radius 1 is 0.872 bits per heavy atom. The van der Waals surface area contributed by atoms with E-state index in [9.17, 15) is 14.4 Å². The van der Waals surface area contributed by atoms with Crippen molar-refractivity contribution in [1.82, 2.24) is 10.3 Å². The third-order valence-corrected chi connectivity index (χ3v) is 8.64. The Morgan fingerprint density at radius 2 is 1.60 bits per heavy atom. The van der Waals surface area contributed by atoms with Gasteiger partial charge in [0.2, 0.25) is 5.91 Å². The number of nitrogens with zero attached hydrogens (tertiary/aromatic N) is 1. The summed E-state index contributed by atoms with van der Waals surface area (Å²) in [6.45, 7) is 0. The van der Waals surface area contributed by atoms with E-state index in [0.717, 1.165) is 10.5 Å². The highest BCUT2D eigenvalue weighted by Gasteiger charge is 2.16. The first-order valence-corrected chi connectivity index (χ1v) is 16.4. The molecule has 5 aromatic rings. The highest BCUT2D eigenvalue weighted by atomic mass is 35.5. The zero-order chi connectivity index (χ0) is 33.2. The van der Waals surface area contributed by atoms with Crippen LogP contribution in [-0.2, 0) is 9.59 Å². The summed E-state index contributed by atoms with van der Waals surface area (Å²) in [6.07, 6.45) is 1.58. The SMILES string of the molecule is COc1ccc(-c2csc(NC(=O)CSc3ccc(NC(=O)/C(=C/c4ccc(Cl)cc4)NC(=O)c4ccccc4)cc3)n2)cc1OC. The van der Waals surface area contributed by atoms with Gasteiger partial charge in [0.05, 0.1) is 25.7 Å². The highest BCUT2D eigenvalue weighted by Crippen LogP contribution is 2.33. The van der Waals surface area contributed by atoms with E-state index < -0.39 is 11.8 Å². The van der Waals surface area contributed by atoms with Gasteiger partial charge in [-0.1, -0.05) is 41.9 Å². The summed E-state index contributed by atoms with van der Waals surface area (Å²) in [4.78, 5) is 44.2. The number of methoxy groups -OCH3 is 2. The number of amides is 3. The number of hydrogen-bond acceptors (Lipinski definition) is 8. The molecule has 1 heterocycles. The smallest absolute Gasteiger partial charge is 0.272 e. The van der Waals surface area contributed by atoms with Crippen molar-refractivity contribution >= 4 is 69.3 Å². The lowest BCUT2D eigenvalue weighted by molar-refractivity contribution is -0.114. The molecule has 0 spiro atoms. The van der Waals surface area contributed by atoms with E-state index in [1.807, 2.05) is 17.5 Å². The van der Waals surface area contributed by atoms with Crippen LogP contribution in [0.1, 0.15) is 15.9 Å². The molecule has 238 valence electrons. The zero-order valence-corrected chi connectivity index (χ0v) is 27.7. The zero-order valence-electron chi connectivity index (χ0n) is 25.3. The van der Waals surface area contributed by atoms with Gasteiger partial charge >= 0.3 is 0 Å². The van der Waals surface area contributed by atoms with Crippen LogP contribution in [0.2, 0.25) is 5.02 Å². The number of anilines is 2. The lowest BCUT2D eigenvalue weighted by Gasteiger charge is -2.12. The van der Waals surface area contributed by atoms with Crippen molar-refractivity contribution < 1.29 is 23.9 Å². The van der Waals surface area contributed by atoms with Crippen molar-refractivity contribution in [3.63, 3.8) is 0 Å². The first-order chi connectivity index (χ1) is 22.8.